The number of esters is 1. The van der Waals surface area contributed by atoms with E-state index in [4.69, 9.17) is 4.74 Å². The van der Waals surface area contributed by atoms with Gasteiger partial charge in [0.15, 0.2) is 0 Å². The molecular formula is C12H12INO2. The van der Waals surface area contributed by atoms with Crippen molar-refractivity contribution >= 4 is 39.5 Å². The predicted molar refractivity (Wildman–Crippen MR) is 72.0 cm³/mol. The molecule has 0 saturated heterocycles. The van der Waals surface area contributed by atoms with Gasteiger partial charge >= 0.3 is 5.97 Å². The summed E-state index contributed by atoms with van der Waals surface area (Å²) < 4.78 is 5.84. The number of aromatic nitrogens is 1. The molecule has 2 aromatic rings. The fourth-order valence-corrected chi connectivity index (χ4v) is 2.56. The van der Waals surface area contributed by atoms with E-state index in [1.54, 1.807) is 0 Å². The summed E-state index contributed by atoms with van der Waals surface area (Å²) >= 11 is 2.26. The molecule has 0 amide bonds. The van der Waals surface area contributed by atoms with E-state index >= 15 is 0 Å². The molecule has 0 atom stereocenters. The minimum Gasteiger partial charge on any atom is -0.462 e. The van der Waals surface area contributed by atoms with Crippen molar-refractivity contribution in [3.8, 4) is 0 Å². The number of H-pyrrole nitrogens is 1. The molecule has 16 heavy (non-hydrogen) atoms. The van der Waals surface area contributed by atoms with Crippen molar-refractivity contribution in [1.29, 1.82) is 0 Å². The van der Waals surface area contributed by atoms with Gasteiger partial charge in [-0.2, -0.15) is 0 Å². The second kappa shape index (κ2) is 4.86. The number of rotatable bonds is 3. The topological polar surface area (TPSA) is 42.1 Å². The average molecular weight is 329 g/mol. The molecule has 2 rings (SSSR count). The van der Waals surface area contributed by atoms with Crippen molar-refractivity contribution < 1.29 is 9.53 Å². The summed E-state index contributed by atoms with van der Waals surface area (Å²) in [5.41, 5.74) is 2.76. The van der Waals surface area contributed by atoms with E-state index in [0.717, 1.165) is 20.9 Å². The molecule has 1 N–H and O–H groups in total. The van der Waals surface area contributed by atoms with Crippen molar-refractivity contribution in [1.82, 2.24) is 4.98 Å². The highest BCUT2D eigenvalue weighted by atomic mass is 127. The maximum absolute atomic E-state index is 11.8. The van der Waals surface area contributed by atoms with Gasteiger partial charge in [0.2, 0.25) is 0 Å². The minimum atomic E-state index is -0.239. The van der Waals surface area contributed by atoms with Gasteiger partial charge in [-0.25, -0.2) is 4.79 Å². The third-order valence-electron chi connectivity index (χ3n) is 2.47. The van der Waals surface area contributed by atoms with Gasteiger partial charge in [0.25, 0.3) is 0 Å². The third kappa shape index (κ3) is 1.93. The Labute approximate surface area is 107 Å². The van der Waals surface area contributed by atoms with Gasteiger partial charge in [-0.05, 0) is 30.7 Å². The summed E-state index contributed by atoms with van der Waals surface area (Å²) in [6.07, 6.45) is 1.88. The van der Waals surface area contributed by atoms with E-state index in [2.05, 4.69) is 27.6 Å². The minimum absolute atomic E-state index is 0.239. The number of carbonyl (C=O) groups excluding carboxylic acids is 1. The van der Waals surface area contributed by atoms with Crippen LogP contribution in [0.3, 0.4) is 0 Å². The first-order valence-electron chi connectivity index (χ1n) is 5.10. The van der Waals surface area contributed by atoms with Gasteiger partial charge in [0, 0.05) is 21.5 Å². The van der Waals surface area contributed by atoms with Gasteiger partial charge in [-0.1, -0.05) is 22.6 Å². The molecule has 1 heterocycles. The highest BCUT2D eigenvalue weighted by Gasteiger charge is 2.14. The van der Waals surface area contributed by atoms with Gasteiger partial charge in [0.05, 0.1) is 12.2 Å². The van der Waals surface area contributed by atoms with Crippen LogP contribution in [-0.2, 0) is 9.16 Å². The van der Waals surface area contributed by atoms with Gasteiger partial charge in [0.1, 0.15) is 0 Å². The van der Waals surface area contributed by atoms with Crippen molar-refractivity contribution in [2.45, 2.75) is 11.4 Å². The Bertz CT molecular complexity index is 519. The van der Waals surface area contributed by atoms with E-state index < -0.39 is 0 Å². The molecule has 0 saturated carbocycles. The Hall–Kier alpha value is -1.04. The van der Waals surface area contributed by atoms with E-state index in [0.29, 0.717) is 12.2 Å². The number of hydrogen-bond acceptors (Lipinski definition) is 2. The first-order valence-corrected chi connectivity index (χ1v) is 6.62. The summed E-state index contributed by atoms with van der Waals surface area (Å²) in [7, 11) is 0. The molecule has 0 radical (unpaired) electrons. The first-order chi connectivity index (χ1) is 7.77. The molecule has 84 valence electrons. The van der Waals surface area contributed by atoms with Crippen LogP contribution in [0.15, 0.2) is 24.4 Å². The van der Waals surface area contributed by atoms with Crippen LogP contribution in [-0.4, -0.2) is 17.6 Å². The molecule has 1 aromatic heterocycles. The Balaban J connectivity index is 2.56. The molecule has 0 unspecified atom stereocenters. The van der Waals surface area contributed by atoms with Crippen LogP contribution in [0.2, 0.25) is 0 Å². The zero-order valence-electron chi connectivity index (χ0n) is 8.92. The fraction of sp³-hybridized carbons (Fsp3) is 0.250. The maximum atomic E-state index is 11.8. The highest BCUT2D eigenvalue weighted by Crippen LogP contribution is 2.24. The summed E-state index contributed by atoms with van der Waals surface area (Å²) in [4.78, 5) is 14.9. The molecule has 3 nitrogen and oxygen atoms in total. The van der Waals surface area contributed by atoms with E-state index in [1.807, 2.05) is 31.3 Å². The number of benzene rings is 1. The molecule has 0 aliphatic carbocycles. The summed E-state index contributed by atoms with van der Waals surface area (Å²) in [6, 6.07) is 5.73. The summed E-state index contributed by atoms with van der Waals surface area (Å²) in [6.45, 7) is 2.22. The standard InChI is InChI=1S/C12H12INO2/c1-2-16-12(15)9-3-4-11-8(5-6-14-11)10(9)7-13/h3-6,14H,2,7H2,1H3. The number of alkyl halides is 1. The van der Waals surface area contributed by atoms with Crippen LogP contribution in [0, 0.1) is 0 Å². The van der Waals surface area contributed by atoms with Crippen LogP contribution < -0.4 is 0 Å². The summed E-state index contributed by atoms with van der Waals surface area (Å²) in [5, 5.41) is 1.10. The molecule has 0 fully saturated rings. The number of carbonyl (C=O) groups is 1. The average Bonchev–Trinajstić information content (AvgIpc) is 2.75. The van der Waals surface area contributed by atoms with Crippen molar-refractivity contribution in [2.75, 3.05) is 6.61 Å². The van der Waals surface area contributed by atoms with E-state index in [-0.39, 0.29) is 5.97 Å². The number of halogens is 1. The quantitative estimate of drug-likeness (QED) is 0.533. The normalized spacial score (nSPS) is 10.6. The zero-order chi connectivity index (χ0) is 11.5. The third-order valence-corrected chi connectivity index (χ3v) is 3.24. The molecule has 0 spiro atoms. The van der Waals surface area contributed by atoms with Crippen LogP contribution >= 0.6 is 22.6 Å². The largest absolute Gasteiger partial charge is 0.462 e. The Kier molecular flexibility index (Phi) is 3.48. The Morgan fingerprint density at radius 3 is 2.94 bits per heavy atom. The fourth-order valence-electron chi connectivity index (χ4n) is 1.74. The first kappa shape index (κ1) is 11.4. The predicted octanol–water partition coefficient (Wildman–Crippen LogP) is 3.28. The van der Waals surface area contributed by atoms with Gasteiger partial charge < -0.3 is 9.72 Å². The van der Waals surface area contributed by atoms with Crippen LogP contribution in [0.25, 0.3) is 10.9 Å². The van der Waals surface area contributed by atoms with E-state index in [1.165, 1.54) is 0 Å². The lowest BCUT2D eigenvalue weighted by Gasteiger charge is -2.07. The summed E-state index contributed by atoms with van der Waals surface area (Å²) in [5.74, 6) is -0.239. The SMILES string of the molecule is CCOC(=O)c1ccc2[nH]ccc2c1CI. The second-order valence-corrected chi connectivity index (χ2v) is 4.15. The number of hydrogen-bond donors (Lipinski definition) is 1. The van der Waals surface area contributed by atoms with Crippen LogP contribution in [0.4, 0.5) is 0 Å². The van der Waals surface area contributed by atoms with Gasteiger partial charge in [-0.3, -0.25) is 0 Å². The van der Waals surface area contributed by atoms with E-state index in [9.17, 15) is 4.79 Å². The molecule has 4 heteroatoms. The number of ether oxygens (including phenoxy) is 1. The monoisotopic (exact) mass is 329 g/mol. The van der Waals surface area contributed by atoms with Crippen molar-refractivity contribution in [2.24, 2.45) is 0 Å². The van der Waals surface area contributed by atoms with Crippen molar-refractivity contribution in [3.63, 3.8) is 0 Å². The molecule has 0 bridgehead atoms. The lowest BCUT2D eigenvalue weighted by atomic mass is 10.0. The second-order valence-electron chi connectivity index (χ2n) is 3.38. The Morgan fingerprint density at radius 1 is 1.44 bits per heavy atom. The zero-order valence-corrected chi connectivity index (χ0v) is 11.1. The number of aromatic amines is 1. The highest BCUT2D eigenvalue weighted by molar-refractivity contribution is 14.1. The smallest absolute Gasteiger partial charge is 0.338 e. The van der Waals surface area contributed by atoms with Gasteiger partial charge in [-0.15, -0.1) is 0 Å². The molecule has 1 aromatic carbocycles. The molecule has 0 aliphatic rings. The van der Waals surface area contributed by atoms with Crippen LogP contribution in [0.5, 0.6) is 0 Å². The lowest BCUT2D eigenvalue weighted by Crippen LogP contribution is -2.07. The van der Waals surface area contributed by atoms with Crippen molar-refractivity contribution in [3.05, 3.63) is 35.5 Å². The molecular weight excluding hydrogens is 317 g/mol. The number of nitrogens with one attached hydrogen (secondary N) is 1. The van der Waals surface area contributed by atoms with Crippen LogP contribution in [0.1, 0.15) is 22.8 Å². The lowest BCUT2D eigenvalue weighted by molar-refractivity contribution is 0.0525. The molecule has 0 aliphatic heterocycles. The maximum Gasteiger partial charge on any atom is 0.338 e. The number of fused-ring (bicyclic) bond motifs is 1. The Morgan fingerprint density at radius 2 is 2.25 bits per heavy atom.